The topological polar surface area (TPSA) is 53.6 Å². The Bertz CT molecular complexity index is 405. The summed E-state index contributed by atoms with van der Waals surface area (Å²) in [5.41, 5.74) is 0. The van der Waals surface area contributed by atoms with Crippen LogP contribution in [0.1, 0.15) is 6.92 Å². The van der Waals surface area contributed by atoms with Crippen LogP contribution in [0.5, 0.6) is 5.75 Å². The summed E-state index contributed by atoms with van der Waals surface area (Å²) in [6.07, 6.45) is 0. The lowest BCUT2D eigenvalue weighted by Gasteiger charge is -2.31. The van der Waals surface area contributed by atoms with Crippen molar-refractivity contribution in [3.05, 3.63) is 30.3 Å². The van der Waals surface area contributed by atoms with E-state index in [1.807, 2.05) is 37.3 Å². The number of nitrogens with one attached hydrogen (secondary N) is 2. The van der Waals surface area contributed by atoms with Crippen LogP contribution in [0.25, 0.3) is 0 Å². The number of benzene rings is 1. The van der Waals surface area contributed by atoms with E-state index in [0.717, 1.165) is 31.9 Å². The molecule has 110 valence electrons. The number of nitrogens with zero attached hydrogens (tertiary/aromatic N) is 1. The van der Waals surface area contributed by atoms with Gasteiger partial charge in [-0.15, -0.1) is 0 Å². The first kappa shape index (κ1) is 14.8. The molecule has 1 atom stereocenters. The SMILES string of the molecule is CC(C(=O)NCCOc1ccccc1)N1CCNCC1. The number of rotatable bonds is 6. The average Bonchev–Trinajstić information content (AvgIpc) is 2.52. The molecule has 5 nitrogen and oxygen atoms in total. The highest BCUT2D eigenvalue weighted by Crippen LogP contribution is 2.07. The van der Waals surface area contributed by atoms with Gasteiger partial charge in [-0.05, 0) is 19.1 Å². The maximum atomic E-state index is 12.0. The van der Waals surface area contributed by atoms with Crippen LogP contribution in [-0.2, 0) is 4.79 Å². The molecule has 0 aromatic heterocycles. The van der Waals surface area contributed by atoms with Crippen LogP contribution in [0.2, 0.25) is 0 Å². The second-order valence-electron chi connectivity index (χ2n) is 4.91. The van der Waals surface area contributed by atoms with E-state index in [1.165, 1.54) is 0 Å². The number of piperazine rings is 1. The van der Waals surface area contributed by atoms with Crippen LogP contribution in [0.15, 0.2) is 30.3 Å². The van der Waals surface area contributed by atoms with Gasteiger partial charge < -0.3 is 15.4 Å². The molecule has 1 saturated heterocycles. The van der Waals surface area contributed by atoms with Crippen LogP contribution in [0.3, 0.4) is 0 Å². The van der Waals surface area contributed by atoms with Crippen LogP contribution in [0.4, 0.5) is 0 Å². The number of hydrogen-bond donors (Lipinski definition) is 2. The fraction of sp³-hybridized carbons (Fsp3) is 0.533. The van der Waals surface area contributed by atoms with Crippen LogP contribution in [-0.4, -0.2) is 56.2 Å². The van der Waals surface area contributed by atoms with Gasteiger partial charge in [0.2, 0.25) is 5.91 Å². The van der Waals surface area contributed by atoms with Gasteiger partial charge in [0.1, 0.15) is 12.4 Å². The molecule has 0 bridgehead atoms. The molecule has 1 aromatic carbocycles. The molecule has 0 aliphatic carbocycles. The highest BCUT2D eigenvalue weighted by Gasteiger charge is 2.21. The molecular weight excluding hydrogens is 254 g/mol. The molecular formula is C15H23N3O2. The first-order valence-corrected chi connectivity index (χ1v) is 7.17. The first-order valence-electron chi connectivity index (χ1n) is 7.17. The minimum Gasteiger partial charge on any atom is -0.492 e. The third-order valence-electron chi connectivity index (χ3n) is 3.49. The Labute approximate surface area is 120 Å². The summed E-state index contributed by atoms with van der Waals surface area (Å²) >= 11 is 0. The second kappa shape index (κ2) is 7.87. The van der Waals surface area contributed by atoms with Crippen LogP contribution < -0.4 is 15.4 Å². The Kier molecular flexibility index (Phi) is 5.83. The third kappa shape index (κ3) is 4.51. The molecule has 0 radical (unpaired) electrons. The van der Waals surface area contributed by atoms with Crippen molar-refractivity contribution in [1.29, 1.82) is 0 Å². The number of carbonyl (C=O) groups is 1. The third-order valence-corrected chi connectivity index (χ3v) is 3.49. The van der Waals surface area contributed by atoms with E-state index in [1.54, 1.807) is 0 Å². The number of hydrogen-bond acceptors (Lipinski definition) is 4. The summed E-state index contributed by atoms with van der Waals surface area (Å²) in [7, 11) is 0. The molecule has 1 aliphatic heterocycles. The minimum atomic E-state index is -0.0752. The van der Waals surface area contributed by atoms with Gasteiger partial charge in [0.05, 0.1) is 12.6 Å². The Hall–Kier alpha value is -1.59. The molecule has 1 aliphatic rings. The van der Waals surface area contributed by atoms with Gasteiger partial charge >= 0.3 is 0 Å². The lowest BCUT2D eigenvalue weighted by Crippen LogP contribution is -2.53. The predicted octanol–water partition coefficient (Wildman–Crippen LogP) is 0.475. The average molecular weight is 277 g/mol. The highest BCUT2D eigenvalue weighted by atomic mass is 16.5. The molecule has 1 heterocycles. The van der Waals surface area contributed by atoms with Crippen LogP contribution in [0, 0.1) is 0 Å². The Morgan fingerprint density at radius 1 is 1.35 bits per heavy atom. The zero-order valence-corrected chi connectivity index (χ0v) is 12.0. The van der Waals surface area contributed by atoms with Crippen LogP contribution >= 0.6 is 0 Å². The summed E-state index contributed by atoms with van der Waals surface area (Å²) in [5, 5.41) is 6.21. The van der Waals surface area contributed by atoms with E-state index in [4.69, 9.17) is 4.74 Å². The first-order chi connectivity index (χ1) is 9.77. The largest absolute Gasteiger partial charge is 0.492 e. The van der Waals surface area contributed by atoms with Gasteiger partial charge in [0.15, 0.2) is 0 Å². The lowest BCUT2D eigenvalue weighted by molar-refractivity contribution is -0.126. The van der Waals surface area contributed by atoms with Gasteiger partial charge in [-0.3, -0.25) is 9.69 Å². The monoisotopic (exact) mass is 277 g/mol. The van der Waals surface area contributed by atoms with E-state index >= 15 is 0 Å². The summed E-state index contributed by atoms with van der Waals surface area (Å²) in [6, 6.07) is 9.55. The van der Waals surface area contributed by atoms with Gasteiger partial charge in [0, 0.05) is 26.2 Å². The van der Waals surface area contributed by atoms with Crippen molar-refractivity contribution >= 4 is 5.91 Å². The zero-order chi connectivity index (χ0) is 14.2. The standard InChI is InChI=1S/C15H23N3O2/c1-13(18-10-7-16-8-11-18)15(19)17-9-12-20-14-5-3-2-4-6-14/h2-6,13,16H,7-12H2,1H3,(H,17,19). The molecule has 2 N–H and O–H groups in total. The van der Waals surface area contributed by atoms with Crippen molar-refractivity contribution in [3.8, 4) is 5.75 Å². The van der Waals surface area contributed by atoms with E-state index in [-0.39, 0.29) is 11.9 Å². The fourth-order valence-electron chi connectivity index (χ4n) is 2.24. The number of amides is 1. The minimum absolute atomic E-state index is 0.0727. The molecule has 0 spiro atoms. The van der Waals surface area contributed by atoms with Crippen molar-refractivity contribution in [2.45, 2.75) is 13.0 Å². The maximum Gasteiger partial charge on any atom is 0.237 e. The van der Waals surface area contributed by atoms with E-state index in [0.29, 0.717) is 13.2 Å². The zero-order valence-electron chi connectivity index (χ0n) is 12.0. The molecule has 2 rings (SSSR count). The molecule has 0 saturated carbocycles. The molecule has 1 unspecified atom stereocenters. The highest BCUT2D eigenvalue weighted by molar-refractivity contribution is 5.81. The van der Waals surface area contributed by atoms with Crippen molar-refractivity contribution in [2.24, 2.45) is 0 Å². The predicted molar refractivity (Wildman–Crippen MR) is 78.9 cm³/mol. The van der Waals surface area contributed by atoms with E-state index < -0.39 is 0 Å². The molecule has 20 heavy (non-hydrogen) atoms. The number of para-hydroxylation sites is 1. The van der Waals surface area contributed by atoms with Crippen molar-refractivity contribution in [1.82, 2.24) is 15.5 Å². The summed E-state index contributed by atoms with van der Waals surface area (Å²) in [5.74, 6) is 0.903. The van der Waals surface area contributed by atoms with Crippen molar-refractivity contribution in [3.63, 3.8) is 0 Å². The maximum absolute atomic E-state index is 12.0. The molecule has 1 amide bonds. The Morgan fingerprint density at radius 2 is 2.05 bits per heavy atom. The molecule has 1 fully saturated rings. The number of ether oxygens (including phenoxy) is 1. The number of carbonyl (C=O) groups excluding carboxylic acids is 1. The molecule has 1 aromatic rings. The summed E-state index contributed by atoms with van der Waals surface area (Å²) < 4.78 is 5.54. The van der Waals surface area contributed by atoms with E-state index in [9.17, 15) is 4.79 Å². The van der Waals surface area contributed by atoms with Gasteiger partial charge in [-0.1, -0.05) is 18.2 Å². The molecule has 5 heteroatoms. The van der Waals surface area contributed by atoms with Crippen molar-refractivity contribution < 1.29 is 9.53 Å². The quantitative estimate of drug-likeness (QED) is 0.743. The summed E-state index contributed by atoms with van der Waals surface area (Å²) in [6.45, 7) is 6.74. The van der Waals surface area contributed by atoms with Gasteiger partial charge in [0.25, 0.3) is 0 Å². The normalized spacial score (nSPS) is 17.4. The lowest BCUT2D eigenvalue weighted by atomic mass is 10.2. The van der Waals surface area contributed by atoms with Gasteiger partial charge in [-0.25, -0.2) is 0 Å². The van der Waals surface area contributed by atoms with Gasteiger partial charge in [-0.2, -0.15) is 0 Å². The fourth-order valence-corrected chi connectivity index (χ4v) is 2.24. The smallest absolute Gasteiger partial charge is 0.237 e. The van der Waals surface area contributed by atoms with Crippen molar-refractivity contribution in [2.75, 3.05) is 39.3 Å². The van der Waals surface area contributed by atoms with E-state index in [2.05, 4.69) is 15.5 Å². The Balaban J connectivity index is 1.64. The summed E-state index contributed by atoms with van der Waals surface area (Å²) in [4.78, 5) is 14.2. The second-order valence-corrected chi connectivity index (χ2v) is 4.91. The Morgan fingerprint density at radius 3 is 2.75 bits per heavy atom.